The average molecular weight is 409 g/mol. The minimum atomic E-state index is -0.675. The van der Waals surface area contributed by atoms with Gasteiger partial charge in [0.2, 0.25) is 0 Å². The van der Waals surface area contributed by atoms with Gasteiger partial charge in [0.1, 0.15) is 5.83 Å². The molecule has 30 heavy (non-hydrogen) atoms. The van der Waals surface area contributed by atoms with E-state index >= 15 is 0 Å². The van der Waals surface area contributed by atoms with E-state index in [0.717, 1.165) is 62.1 Å². The second-order valence-corrected chi connectivity index (χ2v) is 8.53. The molecule has 2 aromatic carbocycles. The first-order chi connectivity index (χ1) is 14.6. The van der Waals surface area contributed by atoms with Crippen molar-refractivity contribution in [3.63, 3.8) is 0 Å². The summed E-state index contributed by atoms with van der Waals surface area (Å²) in [6, 6.07) is 11.7. The Bertz CT molecular complexity index is 911. The van der Waals surface area contributed by atoms with Crippen LogP contribution in [0.5, 0.6) is 0 Å². The first-order valence-electron chi connectivity index (χ1n) is 11.4. The van der Waals surface area contributed by atoms with Gasteiger partial charge in [0.05, 0.1) is 0 Å². The topological polar surface area (TPSA) is 0 Å². The largest absolute Gasteiger partial charge is 0.208 e. The molecule has 0 nitrogen and oxygen atoms in total. The van der Waals surface area contributed by atoms with Crippen molar-refractivity contribution >= 4 is 16.6 Å². The summed E-state index contributed by atoms with van der Waals surface area (Å²) in [4.78, 5) is 0. The molecule has 0 radical (unpaired) electrons. The summed E-state index contributed by atoms with van der Waals surface area (Å²) in [5, 5.41) is 2.03. The van der Waals surface area contributed by atoms with Crippen LogP contribution in [0.25, 0.3) is 16.6 Å². The maximum Gasteiger partial charge on any atom is 0.162 e. The van der Waals surface area contributed by atoms with E-state index in [9.17, 15) is 8.78 Å². The van der Waals surface area contributed by atoms with Gasteiger partial charge < -0.3 is 0 Å². The number of aryl methyl sites for hydroxylation is 1. The van der Waals surface area contributed by atoms with Gasteiger partial charge in [-0.05, 0) is 93.5 Å². The monoisotopic (exact) mass is 408 g/mol. The molecule has 0 amide bonds. The molecule has 0 aromatic heterocycles. The summed E-state index contributed by atoms with van der Waals surface area (Å²) in [5.74, 6) is -0.848. The fourth-order valence-corrected chi connectivity index (χ4v) is 4.52. The zero-order valence-electron chi connectivity index (χ0n) is 18.3. The molecular formula is C28H34F2. The standard InChI is InChI=1S/C28H34F2/c1-3-5-7-9-21-11-14-23(15-12-21)27(29)28(30)26-18-17-24-19-22(10-8-6-4-2)13-16-25(24)20-26/h3-6,13,16-21,23H,7-12,14-15H2,1-2H3/b5-3+,6-4+,28-27?. The van der Waals surface area contributed by atoms with Crippen molar-refractivity contribution in [2.45, 2.75) is 65.2 Å². The quantitative estimate of drug-likeness (QED) is 0.382. The number of benzene rings is 2. The fraction of sp³-hybridized carbons (Fsp3) is 0.429. The molecule has 0 heterocycles. The number of allylic oxidation sites excluding steroid dienone is 5. The Morgan fingerprint density at radius 1 is 0.867 bits per heavy atom. The second-order valence-electron chi connectivity index (χ2n) is 8.53. The third kappa shape index (κ3) is 5.90. The molecular weight excluding hydrogens is 374 g/mol. The van der Waals surface area contributed by atoms with Gasteiger partial charge in [0, 0.05) is 11.5 Å². The van der Waals surface area contributed by atoms with E-state index in [-0.39, 0.29) is 5.92 Å². The average Bonchev–Trinajstić information content (AvgIpc) is 2.78. The highest BCUT2D eigenvalue weighted by atomic mass is 19.2. The van der Waals surface area contributed by atoms with Gasteiger partial charge in [-0.1, -0.05) is 54.6 Å². The van der Waals surface area contributed by atoms with Crippen LogP contribution in [0.4, 0.5) is 8.78 Å². The van der Waals surface area contributed by atoms with Gasteiger partial charge in [-0.2, -0.15) is 0 Å². The molecule has 1 aliphatic rings. The molecule has 2 aromatic rings. The highest BCUT2D eigenvalue weighted by Gasteiger charge is 2.26. The SMILES string of the molecule is C/C=C/CCc1ccc2cc(C(F)=C(F)C3CCC(CC/C=C/C)CC3)ccc2c1. The summed E-state index contributed by atoms with van der Waals surface area (Å²) in [6.45, 7) is 4.07. The Kier molecular flexibility index (Phi) is 8.42. The van der Waals surface area contributed by atoms with Crippen LogP contribution in [0, 0.1) is 11.8 Å². The van der Waals surface area contributed by atoms with Crippen LogP contribution in [-0.2, 0) is 6.42 Å². The molecule has 1 fully saturated rings. The van der Waals surface area contributed by atoms with E-state index in [1.54, 1.807) is 12.1 Å². The normalized spacial score (nSPS) is 20.9. The summed E-state index contributed by atoms with van der Waals surface area (Å²) in [5.41, 5.74) is 1.62. The van der Waals surface area contributed by atoms with Crippen LogP contribution in [-0.4, -0.2) is 0 Å². The van der Waals surface area contributed by atoms with E-state index in [4.69, 9.17) is 0 Å². The summed E-state index contributed by atoms with van der Waals surface area (Å²) >= 11 is 0. The first-order valence-corrected chi connectivity index (χ1v) is 11.4. The van der Waals surface area contributed by atoms with Crippen molar-refractivity contribution in [2.24, 2.45) is 11.8 Å². The van der Waals surface area contributed by atoms with Crippen molar-refractivity contribution in [3.05, 3.63) is 77.7 Å². The molecule has 1 aliphatic carbocycles. The van der Waals surface area contributed by atoms with Crippen molar-refractivity contribution in [1.29, 1.82) is 0 Å². The minimum absolute atomic E-state index is 0.271. The predicted molar refractivity (Wildman–Crippen MR) is 126 cm³/mol. The number of rotatable bonds is 8. The molecule has 1 saturated carbocycles. The van der Waals surface area contributed by atoms with Crippen molar-refractivity contribution < 1.29 is 8.78 Å². The Labute approximate surface area is 180 Å². The molecule has 0 N–H and O–H groups in total. The molecule has 0 spiro atoms. The Morgan fingerprint density at radius 3 is 2.27 bits per heavy atom. The smallest absolute Gasteiger partial charge is 0.162 e. The summed E-state index contributed by atoms with van der Waals surface area (Å²) < 4.78 is 29.9. The molecule has 3 rings (SSSR count). The van der Waals surface area contributed by atoms with E-state index in [0.29, 0.717) is 11.5 Å². The van der Waals surface area contributed by atoms with Crippen LogP contribution in [0.2, 0.25) is 0 Å². The zero-order valence-corrected chi connectivity index (χ0v) is 18.3. The number of halogens is 2. The lowest BCUT2D eigenvalue weighted by Gasteiger charge is -2.27. The van der Waals surface area contributed by atoms with Gasteiger partial charge >= 0.3 is 0 Å². The van der Waals surface area contributed by atoms with Gasteiger partial charge in [-0.15, -0.1) is 0 Å². The van der Waals surface area contributed by atoms with Crippen LogP contribution in [0.3, 0.4) is 0 Å². The highest BCUT2D eigenvalue weighted by molar-refractivity contribution is 5.86. The van der Waals surface area contributed by atoms with Crippen LogP contribution in [0.15, 0.2) is 66.5 Å². The van der Waals surface area contributed by atoms with E-state index in [1.807, 2.05) is 26.0 Å². The lowest BCUT2D eigenvalue weighted by molar-refractivity contribution is 0.263. The molecule has 160 valence electrons. The summed E-state index contributed by atoms with van der Waals surface area (Å²) in [6.07, 6.45) is 16.2. The molecule has 0 unspecified atom stereocenters. The Balaban J connectivity index is 1.68. The van der Waals surface area contributed by atoms with Gasteiger partial charge in [-0.3, -0.25) is 0 Å². The third-order valence-corrected chi connectivity index (χ3v) is 6.39. The van der Waals surface area contributed by atoms with E-state index < -0.39 is 11.7 Å². The zero-order chi connectivity index (χ0) is 21.3. The van der Waals surface area contributed by atoms with Crippen molar-refractivity contribution in [2.75, 3.05) is 0 Å². The number of fused-ring (bicyclic) bond motifs is 1. The number of hydrogen-bond acceptors (Lipinski definition) is 0. The van der Waals surface area contributed by atoms with Crippen LogP contribution >= 0.6 is 0 Å². The van der Waals surface area contributed by atoms with Crippen LogP contribution < -0.4 is 0 Å². The first kappa shape index (κ1) is 22.5. The van der Waals surface area contributed by atoms with Crippen molar-refractivity contribution in [3.8, 4) is 0 Å². The Hall–Kier alpha value is -2.22. The maximum atomic E-state index is 15.0. The lowest BCUT2D eigenvalue weighted by Crippen LogP contribution is -2.15. The predicted octanol–water partition coefficient (Wildman–Crippen LogP) is 9.12. The molecule has 0 bridgehead atoms. The van der Waals surface area contributed by atoms with Gasteiger partial charge in [0.15, 0.2) is 5.83 Å². The van der Waals surface area contributed by atoms with Crippen molar-refractivity contribution in [1.82, 2.24) is 0 Å². The Morgan fingerprint density at radius 2 is 1.53 bits per heavy atom. The second kappa shape index (κ2) is 11.2. The van der Waals surface area contributed by atoms with E-state index in [2.05, 4.69) is 36.4 Å². The molecule has 0 saturated heterocycles. The minimum Gasteiger partial charge on any atom is -0.208 e. The highest BCUT2D eigenvalue weighted by Crippen LogP contribution is 2.39. The molecule has 0 aliphatic heterocycles. The fourth-order valence-electron chi connectivity index (χ4n) is 4.52. The van der Waals surface area contributed by atoms with E-state index in [1.165, 1.54) is 5.56 Å². The maximum absolute atomic E-state index is 15.0. The molecule has 2 heteroatoms. The van der Waals surface area contributed by atoms with Crippen LogP contribution in [0.1, 0.15) is 69.9 Å². The van der Waals surface area contributed by atoms with Gasteiger partial charge in [-0.25, -0.2) is 8.78 Å². The summed E-state index contributed by atoms with van der Waals surface area (Å²) in [7, 11) is 0. The third-order valence-electron chi connectivity index (χ3n) is 6.39. The lowest BCUT2D eigenvalue weighted by atomic mass is 9.79. The van der Waals surface area contributed by atoms with Gasteiger partial charge in [0.25, 0.3) is 0 Å². The molecule has 0 atom stereocenters. The number of hydrogen-bond donors (Lipinski definition) is 0.